The van der Waals surface area contributed by atoms with Gasteiger partial charge >= 0.3 is 23.9 Å². The summed E-state index contributed by atoms with van der Waals surface area (Å²) in [6.07, 6.45) is 5.87. The van der Waals surface area contributed by atoms with Gasteiger partial charge < -0.3 is 25.0 Å². The number of aliphatic carboxylic acids is 2. The molecule has 3 N–H and O–H groups in total. The summed E-state index contributed by atoms with van der Waals surface area (Å²) in [4.78, 5) is 65.5. The Kier molecular flexibility index (Phi) is 12.7. The lowest BCUT2D eigenvalue weighted by Gasteiger charge is -2.72. The molecule has 5 aliphatic carbocycles. The first-order chi connectivity index (χ1) is 28.2. The minimum atomic E-state index is -1.32. The number of halogens is 1. The highest BCUT2D eigenvalue weighted by atomic mass is 35.5. The van der Waals surface area contributed by atoms with E-state index < -0.39 is 46.2 Å². The molecule has 1 aromatic carbocycles. The number of carbonyl (C=O) groups excluding carboxylic acids is 3. The third-order valence-electron chi connectivity index (χ3n) is 17.5. The van der Waals surface area contributed by atoms with Crippen LogP contribution in [0.1, 0.15) is 152 Å². The first-order valence-corrected chi connectivity index (χ1v) is 23.1. The first-order valence-electron chi connectivity index (χ1n) is 22.7. The van der Waals surface area contributed by atoms with E-state index in [4.69, 9.17) is 21.1 Å². The fourth-order valence-electron chi connectivity index (χ4n) is 13.8. The number of nitrogens with one attached hydrogen (secondary N) is 1. The van der Waals surface area contributed by atoms with E-state index in [2.05, 4.69) is 53.8 Å². The van der Waals surface area contributed by atoms with Gasteiger partial charge in [-0.25, -0.2) is 0 Å². The summed E-state index contributed by atoms with van der Waals surface area (Å²) in [5.41, 5.74) is -0.716. The molecule has 61 heavy (non-hydrogen) atoms. The summed E-state index contributed by atoms with van der Waals surface area (Å²) in [5.74, 6) is -2.22. The molecular formula is C50H72ClNO9. The molecule has 0 bridgehead atoms. The number of carboxylic acid groups (broad SMARTS) is 2. The fourth-order valence-corrected chi connectivity index (χ4v) is 14.0. The number of carbonyl (C=O) groups is 5. The van der Waals surface area contributed by atoms with Crippen molar-refractivity contribution in [3.63, 3.8) is 0 Å². The highest BCUT2D eigenvalue weighted by Gasteiger charge is 2.71. The molecule has 11 heteroatoms. The molecule has 10 nitrogen and oxygen atoms in total. The number of benzene rings is 1. The van der Waals surface area contributed by atoms with Crippen LogP contribution in [0.15, 0.2) is 35.4 Å². The van der Waals surface area contributed by atoms with Crippen LogP contribution in [0.25, 0.3) is 0 Å². The quantitative estimate of drug-likeness (QED) is 0.154. The zero-order valence-electron chi connectivity index (χ0n) is 38.6. The zero-order valence-corrected chi connectivity index (χ0v) is 39.4. The second-order valence-electron chi connectivity index (χ2n) is 22.7. The normalized spacial score (nSPS) is 33.8. The number of carboxylic acids is 2. The minimum Gasteiger partial charge on any atom is -0.481 e. The number of rotatable bonds is 14. The van der Waals surface area contributed by atoms with E-state index in [1.54, 1.807) is 13.8 Å². The lowest BCUT2D eigenvalue weighted by Crippen LogP contribution is -2.66. The summed E-state index contributed by atoms with van der Waals surface area (Å²) >= 11 is 6.18. The van der Waals surface area contributed by atoms with E-state index in [-0.39, 0.29) is 64.6 Å². The molecule has 9 atom stereocenters. The van der Waals surface area contributed by atoms with Gasteiger partial charge in [-0.1, -0.05) is 72.2 Å². The fraction of sp³-hybridized carbons (Fsp3) is 0.740. The molecule has 0 amide bonds. The predicted octanol–water partition coefficient (Wildman–Crippen LogP) is 10.2. The van der Waals surface area contributed by atoms with Crippen LogP contribution >= 0.6 is 11.6 Å². The Hall–Kier alpha value is -3.24. The Morgan fingerprint density at radius 3 is 2.00 bits per heavy atom. The summed E-state index contributed by atoms with van der Waals surface area (Å²) < 4.78 is 12.7. The van der Waals surface area contributed by atoms with E-state index in [9.17, 15) is 34.2 Å². The van der Waals surface area contributed by atoms with E-state index >= 15 is 0 Å². The standard InChI is InChI=1S/C50H72ClNO9/c1-29(2)40-33(53)24-50(37(61-39(55)26-45(5,6)43(58)59)28-52-27-30-12-14-31(51)15-13-30)23-22-48(10)32(41(40)50)16-17-35-47(9)20-19-36(60-38(54)25-44(3,4)42(56)57)46(7,8)34(47)18-21-49(35,48)11/h12-15,29,32,34-37,52H,16-28H2,1-11H3,(H,56,57)(H,58,59)/t32-,34+,35-,36+,37-,47+,48-,49-,50+/m1/s1. The number of hydrogen-bond acceptors (Lipinski definition) is 8. The average Bonchev–Trinajstić information content (AvgIpc) is 3.46. The van der Waals surface area contributed by atoms with Crippen LogP contribution in [-0.4, -0.2) is 58.6 Å². The van der Waals surface area contributed by atoms with Crippen molar-refractivity contribution >= 4 is 41.3 Å². The molecule has 0 aliphatic heterocycles. The third kappa shape index (κ3) is 8.12. The number of hydrogen-bond donors (Lipinski definition) is 3. The summed E-state index contributed by atoms with van der Waals surface area (Å²) in [6.45, 7) is 23.2. The maximum atomic E-state index is 14.5. The monoisotopic (exact) mass is 865 g/mol. The summed E-state index contributed by atoms with van der Waals surface area (Å²) in [7, 11) is 0. The van der Waals surface area contributed by atoms with Crippen molar-refractivity contribution in [2.45, 2.75) is 166 Å². The molecule has 0 unspecified atom stereocenters. The SMILES string of the molecule is CC(C)C1=C2[C@H]3CC[C@@H]4[C@@]5(C)CC[C@H](OC(=O)CC(C)(C)C(=O)O)C(C)(C)[C@@H]5CC[C@@]4(C)[C@]3(C)CC[C@@]2([C@@H](CNCc2ccc(Cl)cc2)OC(=O)CC(C)(C)C(=O)O)CC1=O. The van der Waals surface area contributed by atoms with Crippen LogP contribution in [0, 0.1) is 61.6 Å². The van der Waals surface area contributed by atoms with Gasteiger partial charge in [0, 0.05) is 35.4 Å². The molecular weight excluding hydrogens is 794 g/mol. The first kappa shape index (κ1) is 47.2. The van der Waals surface area contributed by atoms with E-state index in [1.165, 1.54) is 19.4 Å². The second-order valence-corrected chi connectivity index (χ2v) is 23.1. The third-order valence-corrected chi connectivity index (χ3v) is 17.7. The van der Waals surface area contributed by atoms with Crippen LogP contribution < -0.4 is 5.32 Å². The van der Waals surface area contributed by atoms with Gasteiger partial charge in [0.15, 0.2) is 5.78 Å². The van der Waals surface area contributed by atoms with Crippen molar-refractivity contribution in [3.8, 4) is 0 Å². The van der Waals surface area contributed by atoms with Crippen LogP contribution in [0.3, 0.4) is 0 Å². The molecule has 0 aromatic heterocycles. The minimum absolute atomic E-state index is 0.0188. The molecule has 4 saturated carbocycles. The Balaban J connectivity index is 1.33. The molecule has 338 valence electrons. The molecule has 0 heterocycles. The predicted molar refractivity (Wildman–Crippen MR) is 234 cm³/mol. The van der Waals surface area contributed by atoms with Gasteiger partial charge in [-0.05, 0) is 148 Å². The highest BCUT2D eigenvalue weighted by Crippen LogP contribution is 2.77. The van der Waals surface area contributed by atoms with Gasteiger partial charge in [0.1, 0.15) is 12.2 Å². The van der Waals surface area contributed by atoms with Crippen molar-refractivity contribution in [3.05, 3.63) is 46.0 Å². The van der Waals surface area contributed by atoms with Crippen LogP contribution in [0.5, 0.6) is 0 Å². The van der Waals surface area contributed by atoms with E-state index in [0.717, 1.165) is 56.1 Å². The smallest absolute Gasteiger partial charge is 0.309 e. The van der Waals surface area contributed by atoms with E-state index in [1.807, 2.05) is 24.3 Å². The Morgan fingerprint density at radius 1 is 0.803 bits per heavy atom. The van der Waals surface area contributed by atoms with Gasteiger partial charge in [-0.15, -0.1) is 0 Å². The molecule has 5 aliphatic rings. The van der Waals surface area contributed by atoms with Crippen molar-refractivity contribution in [2.24, 2.45) is 61.6 Å². The number of ether oxygens (including phenoxy) is 2. The summed E-state index contributed by atoms with van der Waals surface area (Å²) in [5, 5.41) is 23.8. The maximum Gasteiger partial charge on any atom is 0.309 e. The maximum absolute atomic E-state index is 14.5. The lowest BCUT2D eigenvalue weighted by molar-refractivity contribution is -0.235. The van der Waals surface area contributed by atoms with Gasteiger partial charge in [0.25, 0.3) is 0 Å². The number of esters is 2. The van der Waals surface area contributed by atoms with Gasteiger partial charge in [0.2, 0.25) is 0 Å². The van der Waals surface area contributed by atoms with Gasteiger partial charge in [-0.2, -0.15) is 0 Å². The molecule has 1 aromatic rings. The average molecular weight is 867 g/mol. The number of fused-ring (bicyclic) bond motifs is 7. The largest absolute Gasteiger partial charge is 0.481 e. The topological polar surface area (TPSA) is 156 Å². The molecule has 6 rings (SSSR count). The Bertz CT molecular complexity index is 1950. The van der Waals surface area contributed by atoms with Crippen molar-refractivity contribution in [1.82, 2.24) is 5.32 Å². The van der Waals surface area contributed by atoms with Gasteiger partial charge in [0.05, 0.1) is 23.7 Å². The molecule has 0 saturated heterocycles. The van der Waals surface area contributed by atoms with E-state index in [0.29, 0.717) is 36.4 Å². The highest BCUT2D eigenvalue weighted by molar-refractivity contribution is 6.30. The second kappa shape index (κ2) is 16.4. The number of allylic oxidation sites excluding steroid dienone is 1. The zero-order chi connectivity index (χ0) is 45.3. The van der Waals surface area contributed by atoms with Gasteiger partial charge in [-0.3, -0.25) is 24.0 Å². The molecule has 4 fully saturated rings. The Labute approximate surface area is 368 Å². The number of Topliss-reactive ketones (excluding diaryl/α,β-unsaturated/α-hetero) is 1. The van der Waals surface area contributed by atoms with Crippen molar-refractivity contribution < 1.29 is 43.7 Å². The Morgan fingerprint density at radius 2 is 1.41 bits per heavy atom. The van der Waals surface area contributed by atoms with Crippen LogP contribution in [-0.2, 0) is 40.0 Å². The van der Waals surface area contributed by atoms with Crippen molar-refractivity contribution in [2.75, 3.05) is 6.54 Å². The van der Waals surface area contributed by atoms with Crippen molar-refractivity contribution in [1.29, 1.82) is 0 Å². The molecule has 0 spiro atoms. The lowest BCUT2D eigenvalue weighted by atomic mass is 9.33. The van der Waals surface area contributed by atoms with Crippen LogP contribution in [0.2, 0.25) is 5.02 Å². The van der Waals surface area contributed by atoms with Crippen LogP contribution in [0.4, 0.5) is 0 Å². The molecule has 0 radical (unpaired) electrons. The summed E-state index contributed by atoms with van der Waals surface area (Å²) in [6, 6.07) is 7.59. The number of ketones is 1.